The van der Waals surface area contributed by atoms with E-state index in [0.29, 0.717) is 16.6 Å². The van der Waals surface area contributed by atoms with E-state index < -0.39 is 27.2 Å². The van der Waals surface area contributed by atoms with Crippen LogP contribution < -0.4 is 5.32 Å². The highest BCUT2D eigenvalue weighted by Gasteiger charge is 2.37. The molecule has 2 heterocycles. The molecule has 2 atom stereocenters. The van der Waals surface area contributed by atoms with Gasteiger partial charge in [0.1, 0.15) is 5.52 Å². The topological polar surface area (TPSA) is 89.0 Å². The van der Waals surface area contributed by atoms with Gasteiger partial charge in [0, 0.05) is 12.4 Å². The van der Waals surface area contributed by atoms with E-state index in [2.05, 4.69) is 15.3 Å². The Balaban J connectivity index is 1.88. The summed E-state index contributed by atoms with van der Waals surface area (Å²) < 4.78 is 23.0. The van der Waals surface area contributed by atoms with E-state index in [1.165, 1.54) is 6.20 Å². The van der Waals surface area contributed by atoms with Crippen LogP contribution in [0.1, 0.15) is 10.4 Å². The fourth-order valence-corrected chi connectivity index (χ4v) is 4.91. The fourth-order valence-electron chi connectivity index (χ4n) is 2.36. The molecule has 1 fully saturated rings. The van der Waals surface area contributed by atoms with Crippen molar-refractivity contribution in [3.05, 3.63) is 36.2 Å². The standard InChI is InChI=1S/C13H12ClN3O3S/c14-9-6-21(19,20)7-11(9)17-13(18)8-2-1-3-10-12(8)16-5-4-15-10/h1-5,9,11H,6-7H2,(H,17,18). The average molecular weight is 326 g/mol. The van der Waals surface area contributed by atoms with Gasteiger partial charge in [-0.15, -0.1) is 11.6 Å². The number of carbonyl (C=O) groups excluding carboxylic acids is 1. The first-order chi connectivity index (χ1) is 9.96. The van der Waals surface area contributed by atoms with Crippen molar-refractivity contribution in [1.29, 1.82) is 0 Å². The number of benzene rings is 1. The van der Waals surface area contributed by atoms with Gasteiger partial charge in [-0.05, 0) is 12.1 Å². The Morgan fingerprint density at radius 2 is 2.00 bits per heavy atom. The lowest BCUT2D eigenvalue weighted by molar-refractivity contribution is 0.0943. The molecule has 1 aliphatic heterocycles. The Morgan fingerprint density at radius 1 is 1.24 bits per heavy atom. The monoisotopic (exact) mass is 325 g/mol. The summed E-state index contributed by atoms with van der Waals surface area (Å²) in [7, 11) is -3.19. The zero-order chi connectivity index (χ0) is 15.0. The number of nitrogens with zero attached hydrogens (tertiary/aromatic N) is 2. The number of carbonyl (C=O) groups is 1. The molecule has 6 nitrogen and oxygen atoms in total. The third-order valence-electron chi connectivity index (χ3n) is 3.34. The summed E-state index contributed by atoms with van der Waals surface area (Å²) in [5.41, 5.74) is 1.44. The quantitative estimate of drug-likeness (QED) is 0.824. The number of hydrogen-bond acceptors (Lipinski definition) is 5. The molecule has 2 aromatic rings. The maximum Gasteiger partial charge on any atom is 0.253 e. The normalized spacial score (nSPS) is 24.0. The van der Waals surface area contributed by atoms with E-state index in [-0.39, 0.29) is 11.5 Å². The molecule has 1 saturated heterocycles. The van der Waals surface area contributed by atoms with Gasteiger partial charge in [-0.25, -0.2) is 8.42 Å². The number of fused-ring (bicyclic) bond motifs is 1. The lowest BCUT2D eigenvalue weighted by atomic mass is 10.1. The Hall–Kier alpha value is -1.73. The number of para-hydroxylation sites is 1. The van der Waals surface area contributed by atoms with Crippen LogP contribution in [0.5, 0.6) is 0 Å². The molecular formula is C13H12ClN3O3S. The van der Waals surface area contributed by atoms with Gasteiger partial charge in [-0.2, -0.15) is 0 Å². The van der Waals surface area contributed by atoms with Crippen molar-refractivity contribution in [2.75, 3.05) is 11.5 Å². The van der Waals surface area contributed by atoms with Gasteiger partial charge in [0.25, 0.3) is 5.91 Å². The van der Waals surface area contributed by atoms with Crippen molar-refractivity contribution in [1.82, 2.24) is 15.3 Å². The minimum atomic E-state index is -3.19. The van der Waals surface area contributed by atoms with Gasteiger partial charge in [0.15, 0.2) is 9.84 Å². The van der Waals surface area contributed by atoms with E-state index >= 15 is 0 Å². The van der Waals surface area contributed by atoms with Crippen molar-refractivity contribution in [3.8, 4) is 0 Å². The molecule has 21 heavy (non-hydrogen) atoms. The predicted molar refractivity (Wildman–Crippen MR) is 79.1 cm³/mol. The lowest BCUT2D eigenvalue weighted by Crippen LogP contribution is -2.40. The van der Waals surface area contributed by atoms with Crippen molar-refractivity contribution in [3.63, 3.8) is 0 Å². The summed E-state index contributed by atoms with van der Waals surface area (Å²) in [5, 5.41) is 2.06. The van der Waals surface area contributed by atoms with Crippen molar-refractivity contribution >= 4 is 38.4 Å². The minimum Gasteiger partial charge on any atom is -0.347 e. The highest BCUT2D eigenvalue weighted by molar-refractivity contribution is 7.91. The number of halogens is 1. The molecule has 0 saturated carbocycles. The number of alkyl halides is 1. The minimum absolute atomic E-state index is 0.116. The SMILES string of the molecule is O=C(NC1CS(=O)(=O)CC1Cl)c1cccc2nccnc12. The Kier molecular flexibility index (Phi) is 3.54. The molecule has 110 valence electrons. The summed E-state index contributed by atoms with van der Waals surface area (Å²) in [4.78, 5) is 20.6. The molecule has 0 aliphatic carbocycles. The van der Waals surface area contributed by atoms with Crippen molar-refractivity contribution < 1.29 is 13.2 Å². The lowest BCUT2D eigenvalue weighted by Gasteiger charge is -2.14. The number of sulfone groups is 1. The number of hydrogen-bond donors (Lipinski definition) is 1. The Labute approximate surface area is 126 Å². The first-order valence-corrected chi connectivity index (χ1v) is 8.57. The van der Waals surface area contributed by atoms with Crippen molar-refractivity contribution in [2.45, 2.75) is 11.4 Å². The summed E-state index contributed by atoms with van der Waals surface area (Å²) in [6, 6.07) is 4.49. The molecule has 3 rings (SSSR count). The third kappa shape index (κ3) is 2.84. The van der Waals surface area contributed by atoms with Gasteiger partial charge in [0.05, 0.1) is 34.0 Å². The maximum absolute atomic E-state index is 12.3. The second-order valence-corrected chi connectivity index (χ2v) is 7.62. The number of amides is 1. The first kappa shape index (κ1) is 14.2. The molecule has 1 aromatic heterocycles. The van der Waals surface area contributed by atoms with E-state index in [0.717, 1.165) is 0 Å². The molecule has 2 unspecified atom stereocenters. The van der Waals surface area contributed by atoms with Crippen LogP contribution in [-0.4, -0.2) is 47.2 Å². The molecule has 1 aliphatic rings. The van der Waals surface area contributed by atoms with E-state index in [1.807, 2.05) is 0 Å². The maximum atomic E-state index is 12.3. The van der Waals surface area contributed by atoms with Gasteiger partial charge in [0.2, 0.25) is 0 Å². The number of aromatic nitrogens is 2. The van der Waals surface area contributed by atoms with E-state index in [4.69, 9.17) is 11.6 Å². The van der Waals surface area contributed by atoms with Crippen LogP contribution >= 0.6 is 11.6 Å². The summed E-state index contributed by atoms with van der Waals surface area (Å²) in [6.07, 6.45) is 3.05. The van der Waals surface area contributed by atoms with Crippen LogP contribution in [0, 0.1) is 0 Å². The molecule has 1 N–H and O–H groups in total. The zero-order valence-electron chi connectivity index (χ0n) is 10.9. The van der Waals surface area contributed by atoms with Gasteiger partial charge >= 0.3 is 0 Å². The average Bonchev–Trinajstić information content (AvgIpc) is 2.70. The van der Waals surface area contributed by atoms with Crippen LogP contribution in [-0.2, 0) is 9.84 Å². The van der Waals surface area contributed by atoms with Crippen LogP contribution in [0.3, 0.4) is 0 Å². The summed E-state index contributed by atoms with van der Waals surface area (Å²) in [6.45, 7) is 0. The second kappa shape index (κ2) is 5.23. The largest absolute Gasteiger partial charge is 0.347 e. The van der Waals surface area contributed by atoms with Gasteiger partial charge in [-0.3, -0.25) is 14.8 Å². The fraction of sp³-hybridized carbons (Fsp3) is 0.308. The van der Waals surface area contributed by atoms with Crippen molar-refractivity contribution in [2.24, 2.45) is 0 Å². The highest BCUT2D eigenvalue weighted by Crippen LogP contribution is 2.19. The van der Waals surface area contributed by atoms with E-state index in [9.17, 15) is 13.2 Å². The summed E-state index contributed by atoms with van der Waals surface area (Å²) in [5.74, 6) is -0.646. The van der Waals surface area contributed by atoms with Crippen LogP contribution in [0.25, 0.3) is 11.0 Å². The molecule has 0 radical (unpaired) electrons. The van der Waals surface area contributed by atoms with Crippen LogP contribution in [0.4, 0.5) is 0 Å². The van der Waals surface area contributed by atoms with Gasteiger partial charge in [-0.1, -0.05) is 6.07 Å². The zero-order valence-corrected chi connectivity index (χ0v) is 12.4. The number of rotatable bonds is 2. The molecule has 0 spiro atoms. The third-order valence-corrected chi connectivity index (χ3v) is 5.72. The Bertz CT molecular complexity index is 804. The van der Waals surface area contributed by atoms with Crippen LogP contribution in [0.2, 0.25) is 0 Å². The Morgan fingerprint density at radius 3 is 2.71 bits per heavy atom. The molecular weight excluding hydrogens is 314 g/mol. The molecule has 8 heteroatoms. The number of nitrogens with one attached hydrogen (secondary N) is 1. The second-order valence-electron chi connectivity index (χ2n) is 4.90. The predicted octanol–water partition coefficient (Wildman–Crippen LogP) is 0.764. The molecule has 1 amide bonds. The smallest absolute Gasteiger partial charge is 0.253 e. The molecule has 0 bridgehead atoms. The molecule has 1 aromatic carbocycles. The van der Waals surface area contributed by atoms with Crippen LogP contribution in [0.15, 0.2) is 30.6 Å². The highest BCUT2D eigenvalue weighted by atomic mass is 35.5. The first-order valence-electron chi connectivity index (χ1n) is 6.31. The van der Waals surface area contributed by atoms with Gasteiger partial charge < -0.3 is 5.32 Å². The summed E-state index contributed by atoms with van der Waals surface area (Å²) >= 11 is 5.99. The van der Waals surface area contributed by atoms with E-state index in [1.54, 1.807) is 24.4 Å².